The minimum Gasteiger partial charge on any atom is -0.497 e. The van der Waals surface area contributed by atoms with Crippen molar-refractivity contribution in [1.29, 1.82) is 0 Å². The highest BCUT2D eigenvalue weighted by Crippen LogP contribution is 2.29. The highest BCUT2D eigenvalue weighted by Gasteiger charge is 2.35. The molecule has 1 fully saturated rings. The van der Waals surface area contributed by atoms with Gasteiger partial charge >= 0.3 is 0 Å². The largest absolute Gasteiger partial charge is 0.497 e. The van der Waals surface area contributed by atoms with E-state index >= 15 is 0 Å². The second-order valence-electron chi connectivity index (χ2n) is 6.37. The van der Waals surface area contributed by atoms with Gasteiger partial charge in [0.05, 0.1) is 24.4 Å². The zero-order chi connectivity index (χ0) is 18.7. The van der Waals surface area contributed by atoms with Crippen LogP contribution in [0.15, 0.2) is 42.5 Å². The first-order chi connectivity index (χ1) is 12.5. The molecule has 2 aromatic rings. The third-order valence-electron chi connectivity index (χ3n) is 4.67. The Kier molecular flexibility index (Phi) is 5.11. The van der Waals surface area contributed by atoms with Gasteiger partial charge in [0.25, 0.3) is 0 Å². The van der Waals surface area contributed by atoms with E-state index in [9.17, 15) is 9.59 Å². The molecule has 0 aromatic heterocycles. The van der Waals surface area contributed by atoms with Crippen molar-refractivity contribution in [2.45, 2.75) is 19.8 Å². The molecule has 26 heavy (non-hydrogen) atoms. The standard InChI is InChI=1S/C20H23N3O3/c1-3-13-4-6-15(7-5-13)23-12-14(10-19(23)24)20(25)22-18-11-16(26-2)8-9-17(18)21/h4-9,11,14H,3,10,12,21H2,1-2H3,(H,22,25). The first kappa shape index (κ1) is 17.8. The van der Waals surface area contributed by atoms with Gasteiger partial charge in [-0.3, -0.25) is 9.59 Å². The van der Waals surface area contributed by atoms with Gasteiger partial charge in [-0.05, 0) is 36.2 Å². The van der Waals surface area contributed by atoms with Crippen molar-refractivity contribution >= 4 is 28.9 Å². The number of carbonyl (C=O) groups is 2. The Labute approximate surface area is 152 Å². The van der Waals surface area contributed by atoms with Crippen LogP contribution in [0.1, 0.15) is 18.9 Å². The van der Waals surface area contributed by atoms with Crippen LogP contribution in [-0.2, 0) is 16.0 Å². The first-order valence-electron chi connectivity index (χ1n) is 8.65. The molecule has 1 heterocycles. The zero-order valence-electron chi connectivity index (χ0n) is 15.0. The third kappa shape index (κ3) is 3.64. The molecule has 0 radical (unpaired) electrons. The molecule has 1 saturated heterocycles. The third-order valence-corrected chi connectivity index (χ3v) is 4.67. The lowest BCUT2D eigenvalue weighted by Gasteiger charge is -2.17. The lowest BCUT2D eigenvalue weighted by Crippen LogP contribution is -2.28. The van der Waals surface area contributed by atoms with Crippen LogP contribution in [0.2, 0.25) is 0 Å². The predicted molar refractivity (Wildman–Crippen MR) is 102 cm³/mol. The Morgan fingerprint density at radius 1 is 1.27 bits per heavy atom. The maximum absolute atomic E-state index is 12.6. The number of benzene rings is 2. The van der Waals surface area contributed by atoms with Gasteiger partial charge in [0.1, 0.15) is 5.75 Å². The number of carbonyl (C=O) groups excluding carboxylic acids is 2. The molecule has 0 bridgehead atoms. The molecule has 2 amide bonds. The lowest BCUT2D eigenvalue weighted by atomic mass is 10.1. The van der Waals surface area contributed by atoms with Crippen molar-refractivity contribution < 1.29 is 14.3 Å². The summed E-state index contributed by atoms with van der Waals surface area (Å²) in [4.78, 5) is 26.6. The van der Waals surface area contributed by atoms with Gasteiger partial charge in [0, 0.05) is 24.7 Å². The minimum atomic E-state index is -0.418. The summed E-state index contributed by atoms with van der Waals surface area (Å²) in [6, 6.07) is 12.9. The number of anilines is 3. The summed E-state index contributed by atoms with van der Waals surface area (Å²) in [7, 11) is 1.55. The van der Waals surface area contributed by atoms with Gasteiger partial charge in [-0.1, -0.05) is 19.1 Å². The molecule has 1 aliphatic heterocycles. The van der Waals surface area contributed by atoms with E-state index in [0.29, 0.717) is 23.7 Å². The fourth-order valence-electron chi connectivity index (χ4n) is 3.05. The molecular formula is C20H23N3O3. The second kappa shape index (κ2) is 7.47. The van der Waals surface area contributed by atoms with Gasteiger partial charge in [0.15, 0.2) is 0 Å². The van der Waals surface area contributed by atoms with Gasteiger partial charge in [-0.15, -0.1) is 0 Å². The van der Waals surface area contributed by atoms with Gasteiger partial charge in [-0.2, -0.15) is 0 Å². The van der Waals surface area contributed by atoms with Crippen LogP contribution in [-0.4, -0.2) is 25.5 Å². The number of hydrogen-bond donors (Lipinski definition) is 2. The first-order valence-corrected chi connectivity index (χ1v) is 8.65. The quantitative estimate of drug-likeness (QED) is 0.810. The fourth-order valence-corrected chi connectivity index (χ4v) is 3.05. The SMILES string of the molecule is CCc1ccc(N2CC(C(=O)Nc3cc(OC)ccc3N)CC2=O)cc1. The lowest BCUT2D eigenvalue weighted by molar-refractivity contribution is -0.122. The van der Waals surface area contributed by atoms with Crippen LogP contribution in [0.4, 0.5) is 17.1 Å². The number of nitrogens with one attached hydrogen (secondary N) is 1. The second-order valence-corrected chi connectivity index (χ2v) is 6.37. The molecule has 1 unspecified atom stereocenters. The molecule has 0 aliphatic carbocycles. The van der Waals surface area contributed by atoms with E-state index in [-0.39, 0.29) is 18.2 Å². The van der Waals surface area contributed by atoms with Crippen molar-refractivity contribution in [1.82, 2.24) is 0 Å². The van der Waals surface area contributed by atoms with Crippen molar-refractivity contribution in [3.8, 4) is 5.75 Å². The molecule has 2 aromatic carbocycles. The summed E-state index contributed by atoms with van der Waals surface area (Å²) in [5.41, 5.74) is 8.90. The van der Waals surface area contributed by atoms with Crippen molar-refractivity contribution in [3.63, 3.8) is 0 Å². The average Bonchev–Trinajstić information content (AvgIpc) is 3.05. The number of aryl methyl sites for hydroxylation is 1. The van der Waals surface area contributed by atoms with E-state index in [0.717, 1.165) is 12.1 Å². The van der Waals surface area contributed by atoms with Crippen LogP contribution in [0.3, 0.4) is 0 Å². The summed E-state index contributed by atoms with van der Waals surface area (Å²) in [6.45, 7) is 2.45. The van der Waals surface area contributed by atoms with Crippen LogP contribution in [0.5, 0.6) is 5.75 Å². The Bertz CT molecular complexity index is 818. The van der Waals surface area contributed by atoms with E-state index in [1.165, 1.54) is 5.56 Å². The van der Waals surface area contributed by atoms with Gasteiger partial charge < -0.3 is 20.7 Å². The summed E-state index contributed by atoms with van der Waals surface area (Å²) in [5.74, 6) is -0.0763. The molecule has 6 heteroatoms. The number of hydrogen-bond acceptors (Lipinski definition) is 4. The Morgan fingerprint density at radius 3 is 2.65 bits per heavy atom. The summed E-state index contributed by atoms with van der Waals surface area (Å²) in [5, 5.41) is 2.81. The smallest absolute Gasteiger partial charge is 0.229 e. The number of amides is 2. The number of nitrogens with two attached hydrogens (primary N) is 1. The summed E-state index contributed by atoms with van der Waals surface area (Å²) in [6.07, 6.45) is 1.13. The number of methoxy groups -OCH3 is 1. The molecule has 0 spiro atoms. The topological polar surface area (TPSA) is 84.7 Å². The van der Waals surface area contributed by atoms with Crippen LogP contribution < -0.4 is 20.7 Å². The van der Waals surface area contributed by atoms with Crippen molar-refractivity contribution in [2.75, 3.05) is 29.6 Å². The Balaban J connectivity index is 1.70. The van der Waals surface area contributed by atoms with Crippen LogP contribution >= 0.6 is 0 Å². The maximum Gasteiger partial charge on any atom is 0.229 e. The molecule has 0 saturated carbocycles. The number of nitrogens with zero attached hydrogens (tertiary/aromatic N) is 1. The summed E-state index contributed by atoms with van der Waals surface area (Å²) < 4.78 is 5.16. The van der Waals surface area contributed by atoms with Crippen LogP contribution in [0, 0.1) is 5.92 Å². The Morgan fingerprint density at radius 2 is 2.00 bits per heavy atom. The van der Waals surface area contributed by atoms with Gasteiger partial charge in [0.2, 0.25) is 11.8 Å². The van der Waals surface area contributed by atoms with E-state index in [1.807, 2.05) is 24.3 Å². The molecular weight excluding hydrogens is 330 g/mol. The number of ether oxygens (including phenoxy) is 1. The predicted octanol–water partition coefficient (Wildman–Crippen LogP) is 2.83. The summed E-state index contributed by atoms with van der Waals surface area (Å²) >= 11 is 0. The minimum absolute atomic E-state index is 0.0481. The zero-order valence-corrected chi connectivity index (χ0v) is 15.0. The van der Waals surface area contributed by atoms with E-state index in [1.54, 1.807) is 30.2 Å². The van der Waals surface area contributed by atoms with E-state index in [2.05, 4.69) is 12.2 Å². The molecule has 1 aliphatic rings. The Hall–Kier alpha value is -3.02. The monoisotopic (exact) mass is 353 g/mol. The normalized spacial score (nSPS) is 16.6. The molecule has 136 valence electrons. The highest BCUT2D eigenvalue weighted by atomic mass is 16.5. The molecule has 3 N–H and O–H groups in total. The molecule has 1 atom stereocenters. The fraction of sp³-hybridized carbons (Fsp3) is 0.300. The van der Waals surface area contributed by atoms with Crippen molar-refractivity contribution in [2.24, 2.45) is 5.92 Å². The van der Waals surface area contributed by atoms with E-state index < -0.39 is 5.92 Å². The van der Waals surface area contributed by atoms with Gasteiger partial charge in [-0.25, -0.2) is 0 Å². The number of nitrogen functional groups attached to an aromatic ring is 1. The molecule has 3 rings (SSSR count). The highest BCUT2D eigenvalue weighted by molar-refractivity contribution is 6.04. The van der Waals surface area contributed by atoms with Crippen LogP contribution in [0.25, 0.3) is 0 Å². The van der Waals surface area contributed by atoms with E-state index in [4.69, 9.17) is 10.5 Å². The maximum atomic E-state index is 12.6. The molecule has 6 nitrogen and oxygen atoms in total. The van der Waals surface area contributed by atoms with Crippen molar-refractivity contribution in [3.05, 3.63) is 48.0 Å². The average molecular weight is 353 g/mol. The number of rotatable bonds is 5.